The summed E-state index contributed by atoms with van der Waals surface area (Å²) in [5.41, 5.74) is 2.43. The Morgan fingerprint density at radius 2 is 1.72 bits per heavy atom. The van der Waals surface area contributed by atoms with Crippen molar-refractivity contribution >= 4 is 0 Å². The lowest BCUT2D eigenvalue weighted by Crippen LogP contribution is -2.34. The van der Waals surface area contributed by atoms with Gasteiger partial charge in [-0.3, -0.25) is 4.90 Å². The normalized spacial score (nSPS) is 13.9. The summed E-state index contributed by atoms with van der Waals surface area (Å²) in [6.45, 7) is 3.33. The molecule has 2 aromatic carbocycles. The lowest BCUT2D eigenvalue weighted by atomic mass is 9.97. The summed E-state index contributed by atoms with van der Waals surface area (Å²) in [5.74, 6) is 3.06. The molecule has 0 aliphatic carbocycles. The van der Waals surface area contributed by atoms with Crippen LogP contribution in [0, 0.1) is 0 Å². The van der Waals surface area contributed by atoms with Crippen LogP contribution < -0.4 is 18.9 Å². The number of para-hydroxylation sites is 1. The van der Waals surface area contributed by atoms with Crippen molar-refractivity contribution in [1.29, 1.82) is 0 Å². The largest absolute Gasteiger partial charge is 0.493 e. The van der Waals surface area contributed by atoms with Crippen LogP contribution in [0.15, 0.2) is 36.4 Å². The topological polar surface area (TPSA) is 40.2 Å². The van der Waals surface area contributed by atoms with E-state index in [0.29, 0.717) is 12.4 Å². The first kappa shape index (κ1) is 17.4. The van der Waals surface area contributed by atoms with Gasteiger partial charge in [0, 0.05) is 25.2 Å². The maximum atomic E-state index is 5.82. The molecule has 0 fully saturated rings. The highest BCUT2D eigenvalue weighted by molar-refractivity contribution is 5.59. The van der Waals surface area contributed by atoms with Gasteiger partial charge in [-0.2, -0.15) is 0 Å². The molecular weight excluding hydrogens is 318 g/mol. The molecule has 0 spiro atoms. The van der Waals surface area contributed by atoms with Gasteiger partial charge in [0.05, 0.1) is 21.3 Å². The minimum Gasteiger partial charge on any atom is -0.493 e. The highest BCUT2D eigenvalue weighted by Crippen LogP contribution is 2.43. The monoisotopic (exact) mass is 343 g/mol. The van der Waals surface area contributed by atoms with E-state index in [4.69, 9.17) is 18.9 Å². The van der Waals surface area contributed by atoms with Crippen LogP contribution in [0.2, 0.25) is 0 Å². The average Bonchev–Trinajstić information content (AvgIpc) is 2.67. The second kappa shape index (κ2) is 8.12. The van der Waals surface area contributed by atoms with E-state index in [1.54, 1.807) is 21.3 Å². The lowest BCUT2D eigenvalue weighted by Gasteiger charge is -2.30. The van der Waals surface area contributed by atoms with E-state index in [-0.39, 0.29) is 0 Å². The smallest absolute Gasteiger partial charge is 0.203 e. The fraction of sp³-hybridized carbons (Fsp3) is 0.400. The van der Waals surface area contributed by atoms with E-state index >= 15 is 0 Å². The zero-order valence-corrected chi connectivity index (χ0v) is 15.1. The first-order valence-corrected chi connectivity index (χ1v) is 8.47. The van der Waals surface area contributed by atoms with Gasteiger partial charge < -0.3 is 18.9 Å². The van der Waals surface area contributed by atoms with E-state index in [0.717, 1.165) is 43.3 Å². The van der Waals surface area contributed by atoms with Gasteiger partial charge >= 0.3 is 0 Å². The number of benzene rings is 2. The SMILES string of the molecule is COc1cc2c(c(OC)c1OC)CN(CCOc1ccccc1)CC2. The molecule has 0 atom stereocenters. The van der Waals surface area contributed by atoms with Gasteiger partial charge in [-0.15, -0.1) is 0 Å². The number of methoxy groups -OCH3 is 3. The molecule has 0 N–H and O–H groups in total. The minimum absolute atomic E-state index is 0.658. The Morgan fingerprint density at radius 3 is 2.40 bits per heavy atom. The highest BCUT2D eigenvalue weighted by Gasteiger charge is 2.25. The molecule has 5 heteroatoms. The zero-order valence-electron chi connectivity index (χ0n) is 15.1. The molecule has 0 aromatic heterocycles. The number of hydrogen-bond acceptors (Lipinski definition) is 5. The van der Waals surface area contributed by atoms with E-state index in [9.17, 15) is 0 Å². The Kier molecular flexibility index (Phi) is 5.66. The fourth-order valence-electron chi connectivity index (χ4n) is 3.24. The molecule has 134 valence electrons. The third kappa shape index (κ3) is 3.82. The molecule has 0 saturated carbocycles. The standard InChI is InChI=1S/C20H25NO4/c1-22-18-13-15-9-10-21(11-12-25-16-7-5-4-6-8-16)14-17(15)19(23-2)20(18)24-3/h4-8,13H,9-12,14H2,1-3H3. The van der Waals surface area contributed by atoms with Crippen molar-refractivity contribution in [2.45, 2.75) is 13.0 Å². The second-order valence-corrected chi connectivity index (χ2v) is 5.97. The third-order valence-electron chi connectivity index (χ3n) is 4.52. The van der Waals surface area contributed by atoms with Crippen LogP contribution in [-0.2, 0) is 13.0 Å². The Labute approximate surface area is 149 Å². The van der Waals surface area contributed by atoms with Gasteiger partial charge in [0.1, 0.15) is 12.4 Å². The summed E-state index contributed by atoms with van der Waals surface area (Å²) in [6.07, 6.45) is 0.956. The average molecular weight is 343 g/mol. The van der Waals surface area contributed by atoms with Gasteiger partial charge in [0.15, 0.2) is 11.5 Å². The molecule has 25 heavy (non-hydrogen) atoms. The van der Waals surface area contributed by atoms with Gasteiger partial charge in [0.25, 0.3) is 0 Å². The van der Waals surface area contributed by atoms with E-state index in [1.165, 1.54) is 11.1 Å². The Balaban J connectivity index is 1.70. The third-order valence-corrected chi connectivity index (χ3v) is 4.52. The quantitative estimate of drug-likeness (QED) is 0.772. The summed E-state index contributed by atoms with van der Waals surface area (Å²) in [7, 11) is 4.97. The molecule has 1 aliphatic rings. The highest BCUT2D eigenvalue weighted by atomic mass is 16.5. The van der Waals surface area contributed by atoms with Gasteiger partial charge in [0.2, 0.25) is 5.75 Å². The van der Waals surface area contributed by atoms with Crippen molar-refractivity contribution in [3.05, 3.63) is 47.5 Å². The number of hydrogen-bond donors (Lipinski definition) is 0. The summed E-state index contributed by atoms with van der Waals surface area (Å²) < 4.78 is 22.4. The minimum atomic E-state index is 0.658. The Morgan fingerprint density at radius 1 is 0.960 bits per heavy atom. The Hall–Kier alpha value is -2.40. The molecule has 0 saturated heterocycles. The van der Waals surface area contributed by atoms with Crippen molar-refractivity contribution in [2.24, 2.45) is 0 Å². The van der Waals surface area contributed by atoms with Crippen molar-refractivity contribution < 1.29 is 18.9 Å². The van der Waals surface area contributed by atoms with E-state index < -0.39 is 0 Å². The van der Waals surface area contributed by atoms with E-state index in [2.05, 4.69) is 11.0 Å². The number of ether oxygens (including phenoxy) is 4. The molecular formula is C20H25NO4. The molecule has 2 aromatic rings. The molecule has 5 nitrogen and oxygen atoms in total. The van der Waals surface area contributed by atoms with Crippen LogP contribution in [0.3, 0.4) is 0 Å². The maximum absolute atomic E-state index is 5.82. The molecule has 3 rings (SSSR count). The number of fused-ring (bicyclic) bond motifs is 1. The molecule has 0 amide bonds. The first-order chi connectivity index (χ1) is 12.3. The molecule has 1 heterocycles. The summed E-state index contributed by atoms with van der Waals surface area (Å²) in [5, 5.41) is 0. The zero-order chi connectivity index (χ0) is 17.6. The lowest BCUT2D eigenvalue weighted by molar-refractivity contribution is 0.193. The van der Waals surface area contributed by atoms with Gasteiger partial charge in [-0.05, 0) is 30.2 Å². The van der Waals surface area contributed by atoms with Gasteiger partial charge in [-0.1, -0.05) is 18.2 Å². The summed E-state index contributed by atoms with van der Waals surface area (Å²) >= 11 is 0. The number of nitrogens with zero attached hydrogens (tertiary/aromatic N) is 1. The van der Waals surface area contributed by atoms with Crippen molar-refractivity contribution in [3.8, 4) is 23.0 Å². The Bertz CT molecular complexity index is 703. The second-order valence-electron chi connectivity index (χ2n) is 5.97. The van der Waals surface area contributed by atoms with Crippen LogP contribution in [0.5, 0.6) is 23.0 Å². The first-order valence-electron chi connectivity index (χ1n) is 8.47. The van der Waals surface area contributed by atoms with Crippen LogP contribution in [0.1, 0.15) is 11.1 Å². The van der Waals surface area contributed by atoms with Crippen molar-refractivity contribution in [1.82, 2.24) is 4.90 Å². The number of rotatable bonds is 7. The molecule has 0 unspecified atom stereocenters. The van der Waals surface area contributed by atoms with Crippen molar-refractivity contribution in [2.75, 3.05) is 41.0 Å². The van der Waals surface area contributed by atoms with Crippen LogP contribution in [-0.4, -0.2) is 45.9 Å². The summed E-state index contributed by atoms with van der Waals surface area (Å²) in [4.78, 5) is 2.37. The predicted molar refractivity (Wildman–Crippen MR) is 97.0 cm³/mol. The van der Waals surface area contributed by atoms with Crippen LogP contribution in [0.4, 0.5) is 0 Å². The van der Waals surface area contributed by atoms with Crippen molar-refractivity contribution in [3.63, 3.8) is 0 Å². The van der Waals surface area contributed by atoms with Crippen LogP contribution >= 0.6 is 0 Å². The molecule has 0 bridgehead atoms. The van der Waals surface area contributed by atoms with E-state index in [1.807, 2.05) is 30.3 Å². The fourth-order valence-corrected chi connectivity index (χ4v) is 3.24. The maximum Gasteiger partial charge on any atom is 0.203 e. The van der Waals surface area contributed by atoms with Crippen LogP contribution in [0.25, 0.3) is 0 Å². The molecule has 1 aliphatic heterocycles. The predicted octanol–water partition coefficient (Wildman–Crippen LogP) is 3.15. The van der Waals surface area contributed by atoms with Gasteiger partial charge in [-0.25, -0.2) is 0 Å². The molecule has 0 radical (unpaired) electrons. The summed E-state index contributed by atoms with van der Waals surface area (Å²) in [6, 6.07) is 12.0.